The number of carbonyl (C=O) groups is 2. The Morgan fingerprint density at radius 3 is 2.35 bits per heavy atom. The Morgan fingerprint density at radius 2 is 1.69 bits per heavy atom. The third kappa shape index (κ3) is 7.00. The van der Waals surface area contributed by atoms with Crippen molar-refractivity contribution in [1.29, 1.82) is 0 Å². The van der Waals surface area contributed by atoms with E-state index in [1.807, 2.05) is 48.5 Å². The molecular weight excluding hydrogens is 392 g/mol. The number of amides is 2. The lowest BCUT2D eigenvalue weighted by Crippen LogP contribution is -2.23. The smallest absolute Gasteiger partial charge is 0.224 e. The molecule has 0 fully saturated rings. The first kappa shape index (κ1) is 20.2. The lowest BCUT2D eigenvalue weighted by Gasteiger charge is -2.09. The molecule has 0 heterocycles. The summed E-state index contributed by atoms with van der Waals surface area (Å²) in [5.41, 5.74) is 3.07. The second-order valence-corrected chi connectivity index (χ2v) is 7.50. The molecule has 2 rings (SSSR count). The molecule has 0 aliphatic heterocycles. The van der Waals surface area contributed by atoms with Crippen LogP contribution in [-0.2, 0) is 16.1 Å². The Bertz CT molecular complexity index is 742. The molecule has 0 radical (unpaired) electrons. The van der Waals surface area contributed by atoms with E-state index in [2.05, 4.69) is 40.4 Å². The molecule has 5 heteroatoms. The van der Waals surface area contributed by atoms with E-state index in [-0.39, 0.29) is 11.8 Å². The highest BCUT2D eigenvalue weighted by Crippen LogP contribution is 2.17. The number of carbonyl (C=O) groups excluding carboxylic acids is 2. The average Bonchev–Trinajstić information content (AvgIpc) is 2.60. The zero-order valence-electron chi connectivity index (χ0n) is 15.2. The summed E-state index contributed by atoms with van der Waals surface area (Å²) in [7, 11) is 0. The van der Waals surface area contributed by atoms with Gasteiger partial charge < -0.3 is 10.6 Å². The minimum absolute atomic E-state index is 0.0425. The van der Waals surface area contributed by atoms with Crippen molar-refractivity contribution in [2.45, 2.75) is 45.6 Å². The van der Waals surface area contributed by atoms with Crippen molar-refractivity contribution in [1.82, 2.24) is 5.32 Å². The van der Waals surface area contributed by atoms with E-state index in [0.29, 0.717) is 31.7 Å². The van der Waals surface area contributed by atoms with Crippen molar-refractivity contribution in [3.8, 4) is 0 Å². The van der Waals surface area contributed by atoms with Crippen LogP contribution in [0.1, 0.15) is 50.2 Å². The zero-order chi connectivity index (χ0) is 18.9. The van der Waals surface area contributed by atoms with Crippen LogP contribution in [0.15, 0.2) is 53.0 Å². The van der Waals surface area contributed by atoms with Crippen LogP contribution < -0.4 is 10.6 Å². The van der Waals surface area contributed by atoms with Gasteiger partial charge in [-0.2, -0.15) is 0 Å². The molecule has 0 aromatic heterocycles. The maximum Gasteiger partial charge on any atom is 0.224 e. The van der Waals surface area contributed by atoms with E-state index in [0.717, 1.165) is 15.7 Å². The molecule has 138 valence electrons. The number of anilines is 1. The highest BCUT2D eigenvalue weighted by molar-refractivity contribution is 9.10. The summed E-state index contributed by atoms with van der Waals surface area (Å²) in [4.78, 5) is 23.9. The number of nitrogens with one attached hydrogen (secondary N) is 2. The largest absolute Gasteiger partial charge is 0.352 e. The number of hydrogen-bond donors (Lipinski definition) is 2. The van der Waals surface area contributed by atoms with E-state index >= 15 is 0 Å². The van der Waals surface area contributed by atoms with Gasteiger partial charge >= 0.3 is 0 Å². The maximum atomic E-state index is 12.0. The van der Waals surface area contributed by atoms with Crippen molar-refractivity contribution in [3.63, 3.8) is 0 Å². The first-order valence-electron chi connectivity index (χ1n) is 8.85. The Labute approximate surface area is 163 Å². The second kappa shape index (κ2) is 10.1. The van der Waals surface area contributed by atoms with Crippen LogP contribution in [0, 0.1) is 0 Å². The van der Waals surface area contributed by atoms with E-state index in [4.69, 9.17) is 0 Å². The molecule has 0 atom stereocenters. The van der Waals surface area contributed by atoms with Gasteiger partial charge in [0.15, 0.2) is 0 Å². The summed E-state index contributed by atoms with van der Waals surface area (Å²) < 4.78 is 0.988. The van der Waals surface area contributed by atoms with Crippen LogP contribution in [0.25, 0.3) is 0 Å². The fourth-order valence-corrected chi connectivity index (χ4v) is 2.97. The van der Waals surface area contributed by atoms with Crippen LogP contribution in [0.5, 0.6) is 0 Å². The molecule has 0 spiro atoms. The Balaban J connectivity index is 1.66. The van der Waals surface area contributed by atoms with Crippen LogP contribution in [0.2, 0.25) is 0 Å². The van der Waals surface area contributed by atoms with Gasteiger partial charge in [0.25, 0.3) is 0 Å². The fraction of sp³-hybridized carbons (Fsp3) is 0.333. The van der Waals surface area contributed by atoms with Crippen LogP contribution in [0.4, 0.5) is 5.69 Å². The van der Waals surface area contributed by atoms with E-state index < -0.39 is 0 Å². The number of halogens is 1. The molecule has 2 aromatic rings. The number of hydrogen-bond acceptors (Lipinski definition) is 2. The minimum Gasteiger partial charge on any atom is -0.352 e. The summed E-state index contributed by atoms with van der Waals surface area (Å²) in [6, 6.07) is 15.7. The fourth-order valence-electron chi connectivity index (χ4n) is 2.52. The topological polar surface area (TPSA) is 58.2 Å². The van der Waals surface area contributed by atoms with Crippen molar-refractivity contribution in [2.75, 3.05) is 5.32 Å². The van der Waals surface area contributed by atoms with Gasteiger partial charge in [-0.25, -0.2) is 0 Å². The average molecular weight is 417 g/mol. The number of benzene rings is 2. The molecule has 0 bridgehead atoms. The molecule has 0 aliphatic carbocycles. The van der Waals surface area contributed by atoms with Gasteiger partial charge in [0.05, 0.1) is 0 Å². The highest BCUT2D eigenvalue weighted by Gasteiger charge is 2.07. The summed E-state index contributed by atoms with van der Waals surface area (Å²) >= 11 is 3.41. The van der Waals surface area contributed by atoms with Crippen molar-refractivity contribution >= 4 is 33.4 Å². The zero-order valence-corrected chi connectivity index (χ0v) is 16.8. The predicted molar refractivity (Wildman–Crippen MR) is 109 cm³/mol. The molecule has 0 aliphatic rings. The minimum atomic E-state index is -0.0675. The van der Waals surface area contributed by atoms with Gasteiger partial charge in [-0.15, -0.1) is 0 Å². The van der Waals surface area contributed by atoms with Gasteiger partial charge in [0.2, 0.25) is 11.8 Å². The van der Waals surface area contributed by atoms with Gasteiger partial charge in [0.1, 0.15) is 0 Å². The first-order valence-corrected chi connectivity index (χ1v) is 9.64. The number of rotatable bonds is 8. The molecule has 4 nitrogen and oxygen atoms in total. The van der Waals surface area contributed by atoms with Crippen LogP contribution in [0.3, 0.4) is 0 Å². The van der Waals surface area contributed by atoms with E-state index in [1.54, 1.807) is 0 Å². The summed E-state index contributed by atoms with van der Waals surface area (Å²) in [5.74, 6) is 0.358. The first-order chi connectivity index (χ1) is 12.4. The molecule has 2 N–H and O–H groups in total. The molecule has 26 heavy (non-hydrogen) atoms. The molecule has 0 saturated carbocycles. The van der Waals surface area contributed by atoms with Crippen LogP contribution >= 0.6 is 15.9 Å². The predicted octanol–water partition coefficient (Wildman–Crippen LogP) is 5.00. The Morgan fingerprint density at radius 1 is 1.00 bits per heavy atom. The molecular formula is C21H25BrN2O2. The summed E-state index contributed by atoms with van der Waals surface area (Å²) in [6.07, 6.45) is 1.20. The van der Waals surface area contributed by atoms with E-state index in [9.17, 15) is 9.59 Å². The third-order valence-electron chi connectivity index (χ3n) is 4.05. The quantitative estimate of drug-likeness (QED) is 0.635. The second-order valence-electron chi connectivity index (χ2n) is 6.59. The standard InChI is InChI=1S/C21H25BrN2O2/c1-15(2)17-9-11-19(12-10-17)24-21(26)8-4-7-20(25)23-14-16-5-3-6-18(22)13-16/h3,5-6,9-13,15H,4,7-8,14H2,1-2H3,(H,23,25)(H,24,26). The monoisotopic (exact) mass is 416 g/mol. The SMILES string of the molecule is CC(C)c1ccc(NC(=O)CCCC(=O)NCc2cccc(Br)c2)cc1. The van der Waals surface area contributed by atoms with Gasteiger partial charge in [0, 0.05) is 29.5 Å². The lowest BCUT2D eigenvalue weighted by molar-refractivity contribution is -0.121. The summed E-state index contributed by atoms with van der Waals surface area (Å²) in [5, 5.41) is 5.74. The van der Waals surface area contributed by atoms with Gasteiger partial charge in [-0.1, -0.05) is 54.0 Å². The molecule has 0 saturated heterocycles. The third-order valence-corrected chi connectivity index (χ3v) is 4.54. The van der Waals surface area contributed by atoms with Crippen molar-refractivity contribution in [2.24, 2.45) is 0 Å². The normalized spacial score (nSPS) is 10.6. The van der Waals surface area contributed by atoms with E-state index in [1.165, 1.54) is 5.56 Å². The maximum absolute atomic E-state index is 12.0. The van der Waals surface area contributed by atoms with Crippen molar-refractivity contribution < 1.29 is 9.59 Å². The molecule has 2 amide bonds. The lowest BCUT2D eigenvalue weighted by atomic mass is 10.0. The van der Waals surface area contributed by atoms with Crippen molar-refractivity contribution in [3.05, 3.63) is 64.1 Å². The summed E-state index contributed by atoms with van der Waals surface area (Å²) in [6.45, 7) is 4.76. The van der Waals surface area contributed by atoms with Crippen LogP contribution in [-0.4, -0.2) is 11.8 Å². The Kier molecular flexibility index (Phi) is 7.85. The van der Waals surface area contributed by atoms with Gasteiger partial charge in [-0.3, -0.25) is 9.59 Å². The molecule has 2 aromatic carbocycles. The molecule has 0 unspecified atom stereocenters. The van der Waals surface area contributed by atoms with Gasteiger partial charge in [-0.05, 0) is 47.7 Å². The highest BCUT2D eigenvalue weighted by atomic mass is 79.9. The Hall–Kier alpha value is -2.14.